The Hall–Kier alpha value is -3.09. The number of nitrogens with one attached hydrogen (secondary N) is 1. The van der Waals surface area contributed by atoms with E-state index in [1.54, 1.807) is 22.9 Å². The number of nitrogens with zero attached hydrogens (tertiary/aromatic N) is 3. The lowest BCUT2D eigenvalue weighted by molar-refractivity contribution is -0.116. The van der Waals surface area contributed by atoms with Crippen LogP contribution in [0.25, 0.3) is 11.0 Å². The van der Waals surface area contributed by atoms with Gasteiger partial charge in [0, 0.05) is 18.2 Å². The topological polar surface area (TPSA) is 78.3 Å². The van der Waals surface area contributed by atoms with Gasteiger partial charge in [-0.2, -0.15) is 0 Å². The van der Waals surface area contributed by atoms with Crippen LogP contribution in [0.15, 0.2) is 42.5 Å². The zero-order valence-electron chi connectivity index (χ0n) is 12.9. The molecule has 2 heterocycles. The van der Waals surface area contributed by atoms with Crippen molar-refractivity contribution in [2.24, 2.45) is 0 Å². The molecule has 0 radical (unpaired) electrons. The summed E-state index contributed by atoms with van der Waals surface area (Å²) in [5, 5.41) is 10.9. The minimum Gasteiger partial charge on any atom is -0.490 e. The number of carbonyl (C=O) groups is 1. The molecule has 1 N–H and O–H groups in total. The zero-order valence-corrected chi connectivity index (χ0v) is 12.9. The molecule has 24 heavy (non-hydrogen) atoms. The monoisotopic (exact) mass is 324 g/mol. The lowest BCUT2D eigenvalue weighted by Gasteiger charge is -2.10. The van der Waals surface area contributed by atoms with Gasteiger partial charge in [0.25, 0.3) is 0 Å². The SMILES string of the molecule is O=C(Cn1nnc2ccccc21)Nc1ccc2c(c1)OCCCO2. The van der Waals surface area contributed by atoms with Crippen molar-refractivity contribution in [3.63, 3.8) is 0 Å². The fraction of sp³-hybridized carbons (Fsp3) is 0.235. The first kappa shape index (κ1) is 14.5. The van der Waals surface area contributed by atoms with E-state index in [2.05, 4.69) is 15.6 Å². The molecule has 122 valence electrons. The third-order valence-corrected chi connectivity index (χ3v) is 3.74. The molecule has 1 aromatic heterocycles. The predicted octanol–water partition coefficient (Wildman–Crippen LogP) is 2.23. The van der Waals surface area contributed by atoms with Crippen LogP contribution in [0.4, 0.5) is 5.69 Å². The normalized spacial score (nSPS) is 13.5. The first-order valence-corrected chi connectivity index (χ1v) is 7.77. The smallest absolute Gasteiger partial charge is 0.246 e. The molecule has 0 bridgehead atoms. The summed E-state index contributed by atoms with van der Waals surface area (Å²) in [6.45, 7) is 1.34. The maximum atomic E-state index is 12.3. The highest BCUT2D eigenvalue weighted by Gasteiger charge is 2.13. The van der Waals surface area contributed by atoms with Gasteiger partial charge in [-0.05, 0) is 24.3 Å². The second-order valence-corrected chi connectivity index (χ2v) is 5.50. The van der Waals surface area contributed by atoms with Gasteiger partial charge in [0.05, 0.1) is 18.7 Å². The van der Waals surface area contributed by atoms with Crippen LogP contribution in [0.3, 0.4) is 0 Å². The van der Waals surface area contributed by atoms with E-state index in [9.17, 15) is 4.79 Å². The van der Waals surface area contributed by atoms with Gasteiger partial charge < -0.3 is 14.8 Å². The molecule has 0 saturated carbocycles. The molecule has 0 atom stereocenters. The number of hydrogen-bond donors (Lipinski definition) is 1. The first-order chi connectivity index (χ1) is 11.8. The van der Waals surface area contributed by atoms with Crippen LogP contribution in [0.1, 0.15) is 6.42 Å². The van der Waals surface area contributed by atoms with Crippen LogP contribution in [-0.4, -0.2) is 34.1 Å². The molecule has 1 amide bonds. The summed E-state index contributed by atoms with van der Waals surface area (Å²) in [4.78, 5) is 12.3. The number of rotatable bonds is 3. The number of benzene rings is 2. The summed E-state index contributed by atoms with van der Waals surface area (Å²) in [7, 11) is 0. The summed E-state index contributed by atoms with van der Waals surface area (Å²) in [5.41, 5.74) is 2.25. The Labute approximate surface area is 138 Å². The van der Waals surface area contributed by atoms with Crippen LogP contribution in [0.5, 0.6) is 11.5 Å². The third-order valence-electron chi connectivity index (χ3n) is 3.74. The summed E-state index contributed by atoms with van der Waals surface area (Å²) in [5.74, 6) is 1.17. The van der Waals surface area contributed by atoms with Crippen molar-refractivity contribution in [3.05, 3.63) is 42.5 Å². The summed E-state index contributed by atoms with van der Waals surface area (Å²) in [6.07, 6.45) is 0.843. The number of anilines is 1. The third kappa shape index (κ3) is 2.88. The van der Waals surface area contributed by atoms with Crippen LogP contribution in [0.2, 0.25) is 0 Å². The standard InChI is InChI=1S/C17H16N4O3/c22-17(11-21-14-5-2-1-4-13(14)19-20-21)18-12-6-7-15-16(10-12)24-9-3-8-23-15/h1-2,4-7,10H,3,8-9,11H2,(H,18,22). The van der Waals surface area contributed by atoms with Crippen LogP contribution in [0, 0.1) is 0 Å². The Morgan fingerprint density at radius 3 is 2.88 bits per heavy atom. The van der Waals surface area contributed by atoms with Crippen molar-refractivity contribution >= 4 is 22.6 Å². The van der Waals surface area contributed by atoms with Crippen molar-refractivity contribution in [2.45, 2.75) is 13.0 Å². The second kappa shape index (κ2) is 6.19. The molecule has 7 nitrogen and oxygen atoms in total. The number of ether oxygens (including phenoxy) is 2. The van der Waals surface area contributed by atoms with E-state index in [4.69, 9.17) is 9.47 Å². The molecule has 0 saturated heterocycles. The van der Waals surface area contributed by atoms with E-state index in [0.29, 0.717) is 30.4 Å². The number of hydrogen-bond acceptors (Lipinski definition) is 5. The molecular weight excluding hydrogens is 308 g/mol. The summed E-state index contributed by atoms with van der Waals surface area (Å²) >= 11 is 0. The van der Waals surface area contributed by atoms with Gasteiger partial charge in [-0.25, -0.2) is 4.68 Å². The molecule has 1 aliphatic rings. The molecule has 0 spiro atoms. The quantitative estimate of drug-likeness (QED) is 0.799. The fourth-order valence-electron chi connectivity index (χ4n) is 2.61. The maximum absolute atomic E-state index is 12.3. The van der Waals surface area contributed by atoms with Gasteiger partial charge in [-0.3, -0.25) is 4.79 Å². The van der Waals surface area contributed by atoms with Crippen molar-refractivity contribution in [3.8, 4) is 11.5 Å². The van der Waals surface area contributed by atoms with E-state index in [1.807, 2.05) is 24.3 Å². The minimum atomic E-state index is -0.180. The summed E-state index contributed by atoms with van der Waals surface area (Å²) in [6, 6.07) is 12.9. The van der Waals surface area contributed by atoms with Gasteiger partial charge in [0.2, 0.25) is 5.91 Å². The molecule has 0 aliphatic carbocycles. The molecule has 3 aromatic rings. The van der Waals surface area contributed by atoms with E-state index in [1.165, 1.54) is 0 Å². The lowest BCUT2D eigenvalue weighted by atomic mass is 10.2. The Balaban J connectivity index is 1.49. The largest absolute Gasteiger partial charge is 0.490 e. The molecule has 4 rings (SSSR count). The van der Waals surface area contributed by atoms with Crippen molar-refractivity contribution in [2.75, 3.05) is 18.5 Å². The molecular formula is C17H16N4O3. The predicted molar refractivity (Wildman–Crippen MR) is 88.2 cm³/mol. The fourth-order valence-corrected chi connectivity index (χ4v) is 2.61. The number of aromatic nitrogens is 3. The average Bonchev–Trinajstić information content (AvgIpc) is 2.84. The minimum absolute atomic E-state index is 0.0922. The van der Waals surface area contributed by atoms with Crippen molar-refractivity contribution < 1.29 is 14.3 Å². The van der Waals surface area contributed by atoms with Gasteiger partial charge in [0.15, 0.2) is 11.5 Å². The highest BCUT2D eigenvalue weighted by molar-refractivity contribution is 5.91. The van der Waals surface area contributed by atoms with Crippen LogP contribution >= 0.6 is 0 Å². The average molecular weight is 324 g/mol. The van der Waals surface area contributed by atoms with Crippen LogP contribution in [-0.2, 0) is 11.3 Å². The van der Waals surface area contributed by atoms with Crippen molar-refractivity contribution in [1.82, 2.24) is 15.0 Å². The Morgan fingerprint density at radius 2 is 1.96 bits per heavy atom. The van der Waals surface area contributed by atoms with Gasteiger partial charge in [-0.1, -0.05) is 17.3 Å². The zero-order chi connectivity index (χ0) is 16.4. The van der Waals surface area contributed by atoms with Gasteiger partial charge >= 0.3 is 0 Å². The summed E-state index contributed by atoms with van der Waals surface area (Å²) < 4.78 is 12.8. The highest BCUT2D eigenvalue weighted by Crippen LogP contribution is 2.32. The van der Waals surface area contributed by atoms with E-state index in [-0.39, 0.29) is 12.5 Å². The van der Waals surface area contributed by atoms with E-state index in [0.717, 1.165) is 17.5 Å². The Morgan fingerprint density at radius 1 is 1.12 bits per heavy atom. The van der Waals surface area contributed by atoms with Crippen LogP contribution < -0.4 is 14.8 Å². The van der Waals surface area contributed by atoms with E-state index >= 15 is 0 Å². The maximum Gasteiger partial charge on any atom is 0.246 e. The molecule has 0 unspecified atom stereocenters. The Kier molecular flexibility index (Phi) is 3.74. The van der Waals surface area contributed by atoms with E-state index < -0.39 is 0 Å². The Bertz CT molecular complexity index is 890. The highest BCUT2D eigenvalue weighted by atomic mass is 16.5. The second-order valence-electron chi connectivity index (χ2n) is 5.50. The lowest BCUT2D eigenvalue weighted by Crippen LogP contribution is -2.19. The molecule has 1 aliphatic heterocycles. The number of fused-ring (bicyclic) bond motifs is 2. The number of para-hydroxylation sites is 1. The molecule has 7 heteroatoms. The molecule has 2 aromatic carbocycles. The number of carbonyl (C=O) groups excluding carboxylic acids is 1. The van der Waals surface area contributed by atoms with Gasteiger partial charge in [-0.15, -0.1) is 5.10 Å². The van der Waals surface area contributed by atoms with Gasteiger partial charge in [0.1, 0.15) is 12.1 Å². The molecule has 0 fully saturated rings. The number of amides is 1. The first-order valence-electron chi connectivity index (χ1n) is 7.77. The van der Waals surface area contributed by atoms with Crippen molar-refractivity contribution in [1.29, 1.82) is 0 Å².